The summed E-state index contributed by atoms with van der Waals surface area (Å²) in [4.78, 5) is 106. The van der Waals surface area contributed by atoms with E-state index in [1.54, 1.807) is 26.0 Å². The topological polar surface area (TPSA) is 278 Å². The first-order chi connectivity index (χ1) is 28.0. The van der Waals surface area contributed by atoms with Gasteiger partial charge in [-0.2, -0.15) is 0 Å². The van der Waals surface area contributed by atoms with Gasteiger partial charge in [-0.05, 0) is 80.4 Å². The third-order valence-corrected chi connectivity index (χ3v) is 9.99. The molecule has 1 fully saturated rings. The number of nitrogens with two attached hydrogens (primary N) is 1. The molecule has 10 N–H and O–H groups in total. The van der Waals surface area contributed by atoms with Crippen molar-refractivity contribution in [1.29, 1.82) is 0 Å². The van der Waals surface area contributed by atoms with E-state index < -0.39 is 102 Å². The minimum atomic E-state index is -1.32. The van der Waals surface area contributed by atoms with Crippen LogP contribution in [0, 0.1) is 23.7 Å². The monoisotopic (exact) mass is 845 g/mol. The van der Waals surface area contributed by atoms with Crippen LogP contribution in [0.3, 0.4) is 0 Å². The first-order valence-corrected chi connectivity index (χ1v) is 20.9. The summed E-state index contributed by atoms with van der Waals surface area (Å²) in [5, 5.41) is 35.1. The van der Waals surface area contributed by atoms with Crippen LogP contribution in [0.1, 0.15) is 100.0 Å². The van der Waals surface area contributed by atoms with Gasteiger partial charge in [0.2, 0.25) is 41.4 Å². The fraction of sp³-hybridized carbons (Fsp3) is 0.667. The molecule has 0 bridgehead atoms. The minimum Gasteiger partial charge on any atom is -0.508 e. The van der Waals surface area contributed by atoms with Crippen molar-refractivity contribution in [3.05, 3.63) is 29.8 Å². The van der Waals surface area contributed by atoms with Gasteiger partial charge in [-0.3, -0.25) is 33.6 Å². The van der Waals surface area contributed by atoms with Gasteiger partial charge < -0.3 is 52.7 Å². The lowest BCUT2D eigenvalue weighted by molar-refractivity contribution is -0.143. The van der Waals surface area contributed by atoms with E-state index in [0.29, 0.717) is 24.8 Å². The number of hydrogen-bond donors (Lipinski definition) is 9. The van der Waals surface area contributed by atoms with Crippen LogP contribution in [0.15, 0.2) is 24.3 Å². The molecule has 1 aliphatic rings. The highest BCUT2D eigenvalue weighted by Crippen LogP contribution is 2.20. The third kappa shape index (κ3) is 16.8. The number of aromatic hydroxyl groups is 1. The molecule has 336 valence electrons. The van der Waals surface area contributed by atoms with E-state index in [2.05, 4.69) is 31.9 Å². The van der Waals surface area contributed by atoms with Crippen molar-refractivity contribution in [2.75, 3.05) is 13.1 Å². The van der Waals surface area contributed by atoms with E-state index in [-0.39, 0.29) is 49.3 Å². The molecule has 0 radical (unpaired) electrons. The Hall–Kier alpha value is -5.26. The maximum absolute atomic E-state index is 13.6. The average molecular weight is 845 g/mol. The number of phenolic OH excluding ortho intramolecular Hbond substituents is 1. The predicted molar refractivity (Wildman–Crippen MR) is 224 cm³/mol. The number of hydrogen-bond acceptors (Lipinski definition) is 10. The van der Waals surface area contributed by atoms with E-state index in [1.165, 1.54) is 24.0 Å². The summed E-state index contributed by atoms with van der Waals surface area (Å²) in [6.45, 7) is 15.9. The zero-order chi connectivity index (χ0) is 45.4. The Kier molecular flexibility index (Phi) is 20.4. The zero-order valence-corrected chi connectivity index (χ0v) is 36.5. The van der Waals surface area contributed by atoms with Gasteiger partial charge in [0.15, 0.2) is 0 Å². The van der Waals surface area contributed by atoms with E-state index in [9.17, 15) is 48.6 Å². The van der Waals surface area contributed by atoms with Crippen LogP contribution in [0.25, 0.3) is 0 Å². The number of carbonyl (C=O) groups excluding carboxylic acids is 7. The number of phenols is 1. The molecule has 1 saturated heterocycles. The molecule has 0 spiro atoms. The van der Waals surface area contributed by atoms with E-state index in [4.69, 9.17) is 5.73 Å². The predicted octanol–water partition coefficient (Wildman–Crippen LogP) is 0.692. The van der Waals surface area contributed by atoms with Gasteiger partial charge in [0.1, 0.15) is 42.0 Å². The summed E-state index contributed by atoms with van der Waals surface area (Å²) in [5.74, 6) is -5.79. The molecule has 7 atom stereocenters. The molecule has 7 amide bonds. The Morgan fingerprint density at radius 1 is 0.700 bits per heavy atom. The fourth-order valence-electron chi connectivity index (χ4n) is 6.88. The van der Waals surface area contributed by atoms with Gasteiger partial charge in [0, 0.05) is 13.0 Å². The van der Waals surface area contributed by atoms with Crippen LogP contribution in [0.4, 0.5) is 0 Å². The molecule has 1 heterocycles. The Labute approximate surface area is 353 Å². The number of rotatable bonds is 23. The van der Waals surface area contributed by atoms with Crippen molar-refractivity contribution in [2.45, 2.75) is 143 Å². The minimum absolute atomic E-state index is 0.00739. The smallest absolute Gasteiger partial charge is 0.326 e. The lowest BCUT2D eigenvalue weighted by atomic mass is 9.99. The SMILES string of the molecule is CC(C)CC(N)C(=O)NC(CC(C)C)C(=O)NC(C(=O)NCC(=O)NC(C)C(=O)N1CCCC1C(=O)NC(CC(C)C)C(=O)NC(Cc1ccc(O)cc1)C(=O)O)C(C)C. The standard InChI is InChI=1S/C42H68N8O10/c1-22(2)17-29(43)36(53)46-31(19-24(5)6)38(55)49-35(25(7)8)40(57)44-21-34(52)45-26(9)41(58)50-16-10-11-33(50)39(56)47-30(18-23(3)4)37(54)48-32(42(59)60)20-27-12-14-28(51)15-13-27/h12-15,22-26,29-33,35,51H,10-11,16-21,43H2,1-9H3,(H,44,57)(H,45,52)(H,46,53)(H,47,56)(H,48,54)(H,49,55)(H,59,60). The van der Waals surface area contributed by atoms with Crippen molar-refractivity contribution in [3.8, 4) is 5.75 Å². The number of nitrogens with one attached hydrogen (secondary N) is 6. The normalized spacial score (nSPS) is 17.0. The molecule has 60 heavy (non-hydrogen) atoms. The molecular formula is C42H68N8O10. The van der Waals surface area contributed by atoms with Gasteiger partial charge in [-0.15, -0.1) is 0 Å². The first kappa shape index (κ1) is 50.9. The Balaban J connectivity index is 2.03. The van der Waals surface area contributed by atoms with Crippen LogP contribution >= 0.6 is 0 Å². The number of carboxylic acids is 1. The van der Waals surface area contributed by atoms with Crippen molar-refractivity contribution in [1.82, 2.24) is 36.8 Å². The van der Waals surface area contributed by atoms with E-state index in [1.807, 2.05) is 41.5 Å². The van der Waals surface area contributed by atoms with Crippen LogP contribution in [0.2, 0.25) is 0 Å². The van der Waals surface area contributed by atoms with Crippen LogP contribution < -0.4 is 37.6 Å². The molecule has 1 aliphatic heterocycles. The van der Waals surface area contributed by atoms with Crippen molar-refractivity contribution >= 4 is 47.3 Å². The van der Waals surface area contributed by atoms with Crippen molar-refractivity contribution in [3.63, 3.8) is 0 Å². The number of carbonyl (C=O) groups is 8. The molecule has 18 heteroatoms. The number of carboxylic acid groups (broad SMARTS) is 1. The van der Waals surface area contributed by atoms with Crippen molar-refractivity contribution in [2.24, 2.45) is 29.4 Å². The highest BCUT2D eigenvalue weighted by molar-refractivity contribution is 5.97. The van der Waals surface area contributed by atoms with E-state index >= 15 is 0 Å². The number of benzene rings is 1. The molecule has 18 nitrogen and oxygen atoms in total. The quantitative estimate of drug-likeness (QED) is 0.0739. The highest BCUT2D eigenvalue weighted by atomic mass is 16.4. The maximum atomic E-state index is 13.6. The largest absolute Gasteiger partial charge is 0.508 e. The number of aliphatic carboxylic acids is 1. The number of amides is 7. The molecule has 2 rings (SSSR count). The molecule has 0 saturated carbocycles. The Bertz CT molecular complexity index is 1650. The molecule has 7 unspecified atom stereocenters. The highest BCUT2D eigenvalue weighted by Gasteiger charge is 2.38. The first-order valence-electron chi connectivity index (χ1n) is 20.9. The molecule has 1 aromatic carbocycles. The molecule has 0 aromatic heterocycles. The van der Waals surface area contributed by atoms with E-state index in [0.717, 1.165) is 0 Å². The van der Waals surface area contributed by atoms with Crippen molar-refractivity contribution < 1.29 is 48.6 Å². The van der Waals surface area contributed by atoms with Crippen LogP contribution in [-0.4, -0.2) is 118 Å². The Morgan fingerprint density at radius 3 is 1.77 bits per heavy atom. The summed E-state index contributed by atoms with van der Waals surface area (Å²) >= 11 is 0. The second kappa shape index (κ2) is 24.1. The number of nitrogens with zero attached hydrogens (tertiary/aromatic N) is 1. The summed E-state index contributed by atoms with van der Waals surface area (Å²) in [5.41, 5.74) is 6.60. The number of likely N-dealkylation sites (tertiary alicyclic amines) is 1. The second-order valence-corrected chi connectivity index (χ2v) is 17.3. The maximum Gasteiger partial charge on any atom is 0.326 e. The van der Waals surface area contributed by atoms with Gasteiger partial charge in [-0.1, -0.05) is 67.5 Å². The zero-order valence-electron chi connectivity index (χ0n) is 36.5. The summed E-state index contributed by atoms with van der Waals surface area (Å²) in [6, 6.07) is -1.39. The van der Waals surface area contributed by atoms with Gasteiger partial charge in [-0.25, -0.2) is 4.79 Å². The second-order valence-electron chi connectivity index (χ2n) is 17.3. The molecule has 1 aromatic rings. The summed E-state index contributed by atoms with van der Waals surface area (Å²) in [7, 11) is 0. The average Bonchev–Trinajstić information content (AvgIpc) is 3.65. The lowest BCUT2D eigenvalue weighted by Gasteiger charge is -2.29. The molecule has 0 aliphatic carbocycles. The Morgan fingerprint density at radius 2 is 1.23 bits per heavy atom. The molecular weight excluding hydrogens is 777 g/mol. The van der Waals surface area contributed by atoms with Gasteiger partial charge >= 0.3 is 5.97 Å². The third-order valence-electron chi connectivity index (χ3n) is 9.99. The fourth-order valence-corrected chi connectivity index (χ4v) is 6.88. The van der Waals surface area contributed by atoms with Crippen LogP contribution in [-0.2, 0) is 44.8 Å². The summed E-state index contributed by atoms with van der Waals surface area (Å²) in [6.07, 6.45) is 1.62. The summed E-state index contributed by atoms with van der Waals surface area (Å²) < 4.78 is 0. The lowest BCUT2D eigenvalue weighted by Crippen LogP contribution is -2.58. The van der Waals surface area contributed by atoms with Gasteiger partial charge in [0.05, 0.1) is 12.6 Å². The van der Waals surface area contributed by atoms with Crippen LogP contribution in [0.5, 0.6) is 5.75 Å². The van der Waals surface area contributed by atoms with Gasteiger partial charge in [0.25, 0.3) is 0 Å².